The highest BCUT2D eigenvalue weighted by atomic mass is 19.4. The lowest BCUT2D eigenvalue weighted by molar-refractivity contribution is -0.192. The highest BCUT2D eigenvalue weighted by Gasteiger charge is 2.38. The molecular formula is C18H21F3N4O3. The van der Waals surface area contributed by atoms with Crippen molar-refractivity contribution in [2.75, 3.05) is 17.2 Å². The summed E-state index contributed by atoms with van der Waals surface area (Å²) in [7, 11) is 0. The molecule has 1 aromatic carbocycles. The standard InChI is InChI=1S/C16H20N4O.C2HF3O2/c1-11-6-4-5-9-20(11)14-10-13(18-19-16(14)17)12-7-2-3-8-15(12)21;3-2(4,5)1(6)7/h2-3,7-8,10-11,21H,4-6,9H2,1H3,(H2,17,19);(H,6,7)/t11-;/m0./s1. The Labute approximate surface area is 159 Å². The number of benzene rings is 1. The molecule has 0 amide bonds. The first-order valence-corrected chi connectivity index (χ1v) is 8.59. The molecule has 0 bridgehead atoms. The average Bonchev–Trinajstić information content (AvgIpc) is 2.63. The molecule has 1 fully saturated rings. The number of aromatic hydroxyl groups is 1. The lowest BCUT2D eigenvalue weighted by Gasteiger charge is -2.35. The maximum atomic E-state index is 10.6. The number of carboxylic acids is 1. The molecule has 152 valence electrons. The molecule has 3 rings (SSSR count). The van der Waals surface area contributed by atoms with Crippen molar-refractivity contribution in [2.24, 2.45) is 0 Å². The maximum absolute atomic E-state index is 10.6. The third-order valence-electron chi connectivity index (χ3n) is 4.34. The number of rotatable bonds is 2. The number of hydrogen-bond acceptors (Lipinski definition) is 6. The van der Waals surface area contributed by atoms with Crippen LogP contribution in [0.1, 0.15) is 26.2 Å². The van der Waals surface area contributed by atoms with Gasteiger partial charge in [-0.2, -0.15) is 13.2 Å². The fraction of sp³-hybridized carbons (Fsp3) is 0.389. The van der Waals surface area contributed by atoms with E-state index in [0.29, 0.717) is 23.1 Å². The van der Waals surface area contributed by atoms with E-state index < -0.39 is 12.1 Å². The Hall–Kier alpha value is -3.04. The maximum Gasteiger partial charge on any atom is 0.490 e. The molecule has 1 saturated heterocycles. The summed E-state index contributed by atoms with van der Waals surface area (Å²) in [5.74, 6) is -2.11. The quantitative estimate of drug-likeness (QED) is 0.710. The number of piperidine rings is 1. The van der Waals surface area contributed by atoms with Crippen molar-refractivity contribution in [1.29, 1.82) is 0 Å². The van der Waals surface area contributed by atoms with Gasteiger partial charge in [-0.3, -0.25) is 0 Å². The Morgan fingerprint density at radius 3 is 2.46 bits per heavy atom. The van der Waals surface area contributed by atoms with Gasteiger partial charge in [-0.1, -0.05) is 12.1 Å². The molecule has 2 aromatic rings. The fourth-order valence-corrected chi connectivity index (χ4v) is 2.90. The molecule has 1 aliphatic heterocycles. The van der Waals surface area contributed by atoms with Gasteiger partial charge in [-0.15, -0.1) is 10.2 Å². The van der Waals surface area contributed by atoms with Crippen molar-refractivity contribution in [1.82, 2.24) is 10.2 Å². The normalized spacial score (nSPS) is 16.9. The first kappa shape index (κ1) is 21.3. The Kier molecular flexibility index (Phi) is 6.66. The predicted octanol–water partition coefficient (Wildman–Crippen LogP) is 3.44. The number of nitrogen functional groups attached to an aromatic ring is 1. The molecule has 1 aliphatic rings. The number of anilines is 2. The van der Waals surface area contributed by atoms with E-state index >= 15 is 0 Å². The molecule has 0 unspecified atom stereocenters. The van der Waals surface area contributed by atoms with Crippen LogP contribution in [-0.2, 0) is 4.79 Å². The van der Waals surface area contributed by atoms with Gasteiger partial charge in [0.05, 0.1) is 11.4 Å². The summed E-state index contributed by atoms with van der Waals surface area (Å²) in [4.78, 5) is 11.2. The Morgan fingerprint density at radius 1 is 1.25 bits per heavy atom. The second-order valence-corrected chi connectivity index (χ2v) is 6.36. The number of phenolic OH excluding ortho intramolecular Hbond substituents is 1. The number of para-hydroxylation sites is 1. The number of aromatic nitrogens is 2. The van der Waals surface area contributed by atoms with Crippen molar-refractivity contribution in [3.63, 3.8) is 0 Å². The molecule has 0 radical (unpaired) electrons. The summed E-state index contributed by atoms with van der Waals surface area (Å²) >= 11 is 0. The van der Waals surface area contributed by atoms with Crippen LogP contribution in [-0.4, -0.2) is 45.1 Å². The largest absolute Gasteiger partial charge is 0.507 e. The summed E-state index contributed by atoms with van der Waals surface area (Å²) in [6.45, 7) is 3.19. The van der Waals surface area contributed by atoms with Gasteiger partial charge in [0.15, 0.2) is 5.82 Å². The lowest BCUT2D eigenvalue weighted by atomic mass is 10.0. The third-order valence-corrected chi connectivity index (χ3v) is 4.34. The monoisotopic (exact) mass is 398 g/mol. The highest BCUT2D eigenvalue weighted by molar-refractivity contribution is 5.74. The summed E-state index contributed by atoms with van der Waals surface area (Å²) in [5, 5.41) is 25.3. The van der Waals surface area contributed by atoms with Crippen LogP contribution in [0.4, 0.5) is 24.7 Å². The van der Waals surface area contributed by atoms with Crippen molar-refractivity contribution in [2.45, 2.75) is 38.4 Å². The second-order valence-electron chi connectivity index (χ2n) is 6.36. The number of aliphatic carboxylic acids is 1. The van der Waals surface area contributed by atoms with E-state index in [0.717, 1.165) is 25.1 Å². The van der Waals surface area contributed by atoms with Gasteiger partial charge in [0.2, 0.25) is 0 Å². The summed E-state index contributed by atoms with van der Waals surface area (Å²) < 4.78 is 31.7. The zero-order chi connectivity index (χ0) is 20.9. The van der Waals surface area contributed by atoms with Crippen molar-refractivity contribution >= 4 is 17.5 Å². The number of phenols is 1. The number of alkyl halides is 3. The van der Waals surface area contributed by atoms with E-state index in [1.807, 2.05) is 18.2 Å². The summed E-state index contributed by atoms with van der Waals surface area (Å²) in [6.07, 6.45) is -1.51. The number of nitrogens with zero attached hydrogens (tertiary/aromatic N) is 3. The van der Waals surface area contributed by atoms with Crippen molar-refractivity contribution in [3.8, 4) is 17.0 Å². The molecule has 1 atom stereocenters. The van der Waals surface area contributed by atoms with Crippen LogP contribution in [0, 0.1) is 0 Å². The second kappa shape index (κ2) is 8.77. The Morgan fingerprint density at radius 2 is 1.89 bits per heavy atom. The molecule has 28 heavy (non-hydrogen) atoms. The van der Waals surface area contributed by atoms with E-state index in [2.05, 4.69) is 22.0 Å². The third kappa shape index (κ3) is 5.24. The number of hydrogen-bond donors (Lipinski definition) is 3. The molecule has 0 saturated carbocycles. The minimum absolute atomic E-state index is 0.203. The van der Waals surface area contributed by atoms with Gasteiger partial charge in [-0.25, -0.2) is 4.79 Å². The van der Waals surface area contributed by atoms with Crippen LogP contribution >= 0.6 is 0 Å². The van der Waals surface area contributed by atoms with E-state index in [4.69, 9.17) is 15.6 Å². The summed E-state index contributed by atoms with van der Waals surface area (Å²) in [5.41, 5.74) is 8.26. The SMILES string of the molecule is C[C@H]1CCCCN1c1cc(-c2ccccc2O)nnc1N.O=C(O)C(F)(F)F. The molecule has 10 heteroatoms. The van der Waals surface area contributed by atoms with Gasteiger partial charge in [0, 0.05) is 18.2 Å². The van der Waals surface area contributed by atoms with Crippen LogP contribution in [0.15, 0.2) is 30.3 Å². The fourth-order valence-electron chi connectivity index (χ4n) is 2.90. The zero-order valence-electron chi connectivity index (χ0n) is 15.1. The molecule has 0 spiro atoms. The summed E-state index contributed by atoms with van der Waals surface area (Å²) in [6, 6.07) is 9.52. The molecule has 2 heterocycles. The minimum Gasteiger partial charge on any atom is -0.507 e. The molecule has 0 aliphatic carbocycles. The molecule has 7 nitrogen and oxygen atoms in total. The Balaban J connectivity index is 0.000000345. The Bertz CT molecular complexity index is 830. The van der Waals surface area contributed by atoms with Crippen molar-refractivity contribution < 1.29 is 28.2 Å². The minimum atomic E-state index is -5.08. The van der Waals surface area contributed by atoms with Gasteiger partial charge in [0.1, 0.15) is 5.75 Å². The van der Waals surface area contributed by atoms with E-state index in [9.17, 15) is 18.3 Å². The molecule has 4 N–H and O–H groups in total. The molecular weight excluding hydrogens is 377 g/mol. The average molecular weight is 398 g/mol. The van der Waals surface area contributed by atoms with Crippen LogP contribution in [0.2, 0.25) is 0 Å². The predicted molar refractivity (Wildman–Crippen MR) is 97.9 cm³/mol. The number of nitrogens with two attached hydrogens (primary N) is 1. The van der Waals surface area contributed by atoms with Crippen LogP contribution in [0.25, 0.3) is 11.3 Å². The van der Waals surface area contributed by atoms with Crippen molar-refractivity contribution in [3.05, 3.63) is 30.3 Å². The van der Waals surface area contributed by atoms with Gasteiger partial charge in [-0.05, 0) is 44.4 Å². The van der Waals surface area contributed by atoms with Gasteiger partial charge < -0.3 is 20.8 Å². The lowest BCUT2D eigenvalue weighted by Crippen LogP contribution is -2.38. The van der Waals surface area contributed by atoms with E-state index in [-0.39, 0.29) is 5.75 Å². The van der Waals surface area contributed by atoms with Crippen LogP contribution < -0.4 is 10.6 Å². The van der Waals surface area contributed by atoms with Crippen LogP contribution in [0.3, 0.4) is 0 Å². The topological polar surface area (TPSA) is 113 Å². The van der Waals surface area contributed by atoms with E-state index in [1.54, 1.807) is 12.1 Å². The first-order chi connectivity index (χ1) is 13.1. The van der Waals surface area contributed by atoms with E-state index in [1.165, 1.54) is 6.42 Å². The number of halogens is 3. The van der Waals surface area contributed by atoms with Gasteiger partial charge in [0.25, 0.3) is 0 Å². The number of carboxylic acid groups (broad SMARTS) is 1. The first-order valence-electron chi connectivity index (χ1n) is 8.59. The zero-order valence-corrected chi connectivity index (χ0v) is 15.1. The number of carbonyl (C=O) groups is 1. The smallest absolute Gasteiger partial charge is 0.490 e. The van der Waals surface area contributed by atoms with Crippen LogP contribution in [0.5, 0.6) is 5.75 Å². The highest BCUT2D eigenvalue weighted by Crippen LogP contribution is 2.33. The molecule has 1 aromatic heterocycles. The van der Waals surface area contributed by atoms with Gasteiger partial charge >= 0.3 is 12.1 Å².